The van der Waals surface area contributed by atoms with E-state index in [-0.39, 0.29) is 6.04 Å². The van der Waals surface area contributed by atoms with Gasteiger partial charge in [0.05, 0.1) is 0 Å². The molecule has 0 radical (unpaired) electrons. The van der Waals surface area contributed by atoms with E-state index in [9.17, 15) is 12.8 Å². The topological polar surface area (TPSA) is 71.1 Å². The Morgan fingerprint density at radius 1 is 1.56 bits per heavy atom. The van der Waals surface area contributed by atoms with Crippen LogP contribution in [-0.4, -0.2) is 32.5 Å². The van der Waals surface area contributed by atoms with Gasteiger partial charge in [-0.05, 0) is 25.1 Å². The quantitative estimate of drug-likeness (QED) is 0.777. The van der Waals surface area contributed by atoms with Crippen LogP contribution in [-0.2, 0) is 10.0 Å². The average Bonchev–Trinajstić information content (AvgIpc) is 2.70. The predicted molar refractivity (Wildman–Crippen MR) is 55.8 cm³/mol. The first-order chi connectivity index (χ1) is 7.59. The summed E-state index contributed by atoms with van der Waals surface area (Å²) in [5.74, 6) is -0.832. The molecular formula is C9H12FN3O2S. The molecule has 2 rings (SSSR count). The molecule has 7 heteroatoms. The van der Waals surface area contributed by atoms with Crippen molar-refractivity contribution in [3.63, 3.8) is 0 Å². The number of hydrogen-bond donors (Lipinski definition) is 2. The first kappa shape index (κ1) is 11.4. The molecule has 0 amide bonds. The lowest BCUT2D eigenvalue weighted by Gasteiger charge is -2.11. The molecule has 5 nitrogen and oxygen atoms in total. The predicted octanol–water partition coefficient (Wildman–Crippen LogP) is -0.139. The van der Waals surface area contributed by atoms with Gasteiger partial charge in [0, 0.05) is 18.8 Å². The smallest absolute Gasteiger partial charge is 0.261 e. The molecule has 1 aromatic rings. The molecule has 0 unspecified atom stereocenters. The molecule has 2 N–H and O–H groups in total. The van der Waals surface area contributed by atoms with E-state index < -0.39 is 20.9 Å². The number of halogens is 1. The van der Waals surface area contributed by atoms with Gasteiger partial charge >= 0.3 is 0 Å². The largest absolute Gasteiger partial charge is 0.315 e. The van der Waals surface area contributed by atoms with Gasteiger partial charge in [0.15, 0.2) is 5.82 Å². The van der Waals surface area contributed by atoms with Crippen LogP contribution in [0.2, 0.25) is 0 Å². The highest BCUT2D eigenvalue weighted by Crippen LogP contribution is 2.11. The summed E-state index contributed by atoms with van der Waals surface area (Å²) in [5.41, 5.74) is 0. The van der Waals surface area contributed by atoms with E-state index in [0.717, 1.165) is 12.6 Å². The first-order valence-corrected chi connectivity index (χ1v) is 6.41. The highest BCUT2D eigenvalue weighted by atomic mass is 32.2. The van der Waals surface area contributed by atoms with Crippen LogP contribution in [0.15, 0.2) is 23.4 Å². The Morgan fingerprint density at radius 3 is 3.00 bits per heavy atom. The van der Waals surface area contributed by atoms with E-state index in [1.54, 1.807) is 0 Å². The Bertz CT molecular complexity index is 471. The molecule has 0 aromatic carbocycles. The maximum absolute atomic E-state index is 13.3. The van der Waals surface area contributed by atoms with Crippen LogP contribution in [0.25, 0.3) is 0 Å². The van der Waals surface area contributed by atoms with Crippen LogP contribution < -0.4 is 10.0 Å². The van der Waals surface area contributed by atoms with Crippen molar-refractivity contribution in [2.45, 2.75) is 17.5 Å². The van der Waals surface area contributed by atoms with Crippen LogP contribution in [0.4, 0.5) is 4.39 Å². The third-order valence-electron chi connectivity index (χ3n) is 2.36. The Hall–Kier alpha value is -1.05. The molecule has 1 saturated heterocycles. The maximum atomic E-state index is 13.3. The Balaban J connectivity index is 2.21. The SMILES string of the molecule is O=S(=O)(N[C@@H]1CCNC1)c1ncccc1F. The van der Waals surface area contributed by atoms with Crippen molar-refractivity contribution in [1.82, 2.24) is 15.0 Å². The fourth-order valence-corrected chi connectivity index (χ4v) is 2.88. The minimum Gasteiger partial charge on any atom is -0.315 e. The van der Waals surface area contributed by atoms with E-state index in [4.69, 9.17) is 0 Å². The lowest BCUT2D eigenvalue weighted by molar-refractivity contribution is 0.532. The molecule has 0 bridgehead atoms. The summed E-state index contributed by atoms with van der Waals surface area (Å²) < 4.78 is 39.2. The second-order valence-corrected chi connectivity index (χ2v) is 5.23. The van der Waals surface area contributed by atoms with Gasteiger partial charge in [-0.15, -0.1) is 0 Å². The molecule has 1 aromatic heterocycles. The number of hydrogen-bond acceptors (Lipinski definition) is 4. The van der Waals surface area contributed by atoms with Crippen LogP contribution >= 0.6 is 0 Å². The summed E-state index contributed by atoms with van der Waals surface area (Å²) in [4.78, 5) is 3.55. The standard InChI is InChI=1S/C9H12FN3O2S/c10-8-2-1-4-12-9(8)16(14,15)13-7-3-5-11-6-7/h1-2,4,7,11,13H,3,5-6H2/t7-/m1/s1. The lowest BCUT2D eigenvalue weighted by atomic mass is 10.3. The van der Waals surface area contributed by atoms with Crippen LogP contribution in [0.1, 0.15) is 6.42 Å². The third kappa shape index (κ3) is 2.37. The van der Waals surface area contributed by atoms with Crippen molar-refractivity contribution in [3.05, 3.63) is 24.1 Å². The van der Waals surface area contributed by atoms with E-state index in [2.05, 4.69) is 15.0 Å². The van der Waals surface area contributed by atoms with Crippen molar-refractivity contribution < 1.29 is 12.8 Å². The van der Waals surface area contributed by atoms with Gasteiger partial charge in [-0.25, -0.2) is 22.5 Å². The summed E-state index contributed by atoms with van der Waals surface area (Å²) >= 11 is 0. The Morgan fingerprint density at radius 2 is 2.38 bits per heavy atom. The van der Waals surface area contributed by atoms with Crippen molar-refractivity contribution in [2.75, 3.05) is 13.1 Å². The van der Waals surface area contributed by atoms with Crippen LogP contribution in [0, 0.1) is 5.82 Å². The van der Waals surface area contributed by atoms with Crippen molar-refractivity contribution >= 4 is 10.0 Å². The van der Waals surface area contributed by atoms with Crippen LogP contribution in [0.5, 0.6) is 0 Å². The van der Waals surface area contributed by atoms with E-state index in [1.807, 2.05) is 0 Å². The normalized spacial score (nSPS) is 21.2. The van der Waals surface area contributed by atoms with E-state index in [0.29, 0.717) is 13.0 Å². The Labute approximate surface area is 93.1 Å². The van der Waals surface area contributed by atoms with Crippen molar-refractivity contribution in [1.29, 1.82) is 0 Å². The monoisotopic (exact) mass is 245 g/mol. The van der Waals surface area contributed by atoms with Crippen LogP contribution in [0.3, 0.4) is 0 Å². The fraction of sp³-hybridized carbons (Fsp3) is 0.444. The number of pyridine rings is 1. The zero-order valence-electron chi connectivity index (χ0n) is 8.48. The summed E-state index contributed by atoms with van der Waals surface area (Å²) in [7, 11) is -3.85. The molecule has 16 heavy (non-hydrogen) atoms. The molecule has 1 fully saturated rings. The number of nitrogens with one attached hydrogen (secondary N) is 2. The molecule has 1 atom stereocenters. The van der Waals surface area contributed by atoms with Crippen molar-refractivity contribution in [2.24, 2.45) is 0 Å². The molecule has 1 aliphatic rings. The second-order valence-electron chi connectivity index (χ2n) is 3.60. The molecule has 0 aliphatic carbocycles. The first-order valence-electron chi connectivity index (χ1n) is 4.93. The Kier molecular flexibility index (Phi) is 3.17. The zero-order valence-corrected chi connectivity index (χ0v) is 9.30. The van der Waals surface area contributed by atoms with E-state index >= 15 is 0 Å². The van der Waals surface area contributed by atoms with Gasteiger partial charge in [-0.1, -0.05) is 0 Å². The van der Waals surface area contributed by atoms with Gasteiger partial charge < -0.3 is 5.32 Å². The third-order valence-corrected chi connectivity index (χ3v) is 3.81. The number of aromatic nitrogens is 1. The molecule has 0 spiro atoms. The number of sulfonamides is 1. The fourth-order valence-electron chi connectivity index (χ4n) is 1.60. The minimum absolute atomic E-state index is 0.189. The molecular weight excluding hydrogens is 233 g/mol. The maximum Gasteiger partial charge on any atom is 0.261 e. The van der Waals surface area contributed by atoms with Crippen molar-refractivity contribution in [3.8, 4) is 0 Å². The zero-order chi connectivity index (χ0) is 11.6. The number of nitrogens with zero attached hydrogens (tertiary/aromatic N) is 1. The molecule has 0 saturated carbocycles. The summed E-state index contributed by atoms with van der Waals surface area (Å²) in [6.45, 7) is 1.32. The summed E-state index contributed by atoms with van der Waals surface area (Å²) in [5, 5.41) is 2.48. The second kappa shape index (κ2) is 4.44. The average molecular weight is 245 g/mol. The van der Waals surface area contributed by atoms with Gasteiger partial charge in [0.25, 0.3) is 10.0 Å². The van der Waals surface area contributed by atoms with Gasteiger partial charge in [0.1, 0.15) is 0 Å². The molecule has 2 heterocycles. The molecule has 1 aliphatic heterocycles. The summed E-state index contributed by atoms with van der Waals surface area (Å²) in [6, 6.07) is 2.24. The van der Waals surface area contributed by atoms with Gasteiger partial charge in [-0.2, -0.15) is 0 Å². The van der Waals surface area contributed by atoms with Gasteiger partial charge in [-0.3, -0.25) is 0 Å². The minimum atomic E-state index is -3.85. The summed E-state index contributed by atoms with van der Waals surface area (Å²) in [6.07, 6.45) is 1.96. The molecule has 88 valence electrons. The lowest BCUT2D eigenvalue weighted by Crippen LogP contribution is -2.37. The highest BCUT2D eigenvalue weighted by Gasteiger charge is 2.25. The number of rotatable bonds is 3. The van der Waals surface area contributed by atoms with E-state index in [1.165, 1.54) is 12.3 Å². The van der Waals surface area contributed by atoms with Gasteiger partial charge in [0.2, 0.25) is 5.03 Å². The highest BCUT2D eigenvalue weighted by molar-refractivity contribution is 7.89.